The fourth-order valence-electron chi connectivity index (χ4n) is 1.84. The van der Waals surface area contributed by atoms with Gasteiger partial charge in [0, 0.05) is 31.4 Å². The number of aryl methyl sites for hydroxylation is 1. The van der Waals surface area contributed by atoms with Crippen LogP contribution in [0.25, 0.3) is 0 Å². The highest BCUT2D eigenvalue weighted by Crippen LogP contribution is 2.18. The first-order chi connectivity index (χ1) is 9.45. The maximum atomic E-state index is 12.0. The molecule has 3 amide bonds. The minimum Gasteiger partial charge on any atom is -0.335 e. The highest BCUT2D eigenvalue weighted by atomic mass is 16.2. The van der Waals surface area contributed by atoms with E-state index in [1.807, 2.05) is 25.2 Å². The Hall–Kier alpha value is -1.89. The number of amides is 3. The van der Waals surface area contributed by atoms with E-state index < -0.39 is 6.03 Å². The third-order valence-electron chi connectivity index (χ3n) is 3.38. The molecule has 0 aliphatic heterocycles. The number of urea groups is 1. The van der Waals surface area contributed by atoms with Crippen LogP contribution in [-0.2, 0) is 18.4 Å². The molecule has 1 fully saturated rings. The lowest BCUT2D eigenvalue weighted by atomic mass is 10.2. The molecule has 1 aromatic rings. The molecule has 7 nitrogen and oxygen atoms in total. The van der Waals surface area contributed by atoms with E-state index in [1.165, 1.54) is 0 Å². The van der Waals surface area contributed by atoms with Gasteiger partial charge in [0.05, 0.1) is 12.2 Å². The van der Waals surface area contributed by atoms with Crippen molar-refractivity contribution in [3.05, 3.63) is 18.0 Å². The first-order valence-corrected chi connectivity index (χ1v) is 6.75. The van der Waals surface area contributed by atoms with E-state index in [-0.39, 0.29) is 18.0 Å². The highest BCUT2D eigenvalue weighted by Gasteiger charge is 2.26. The summed E-state index contributed by atoms with van der Waals surface area (Å²) in [6.07, 6.45) is 5.66. The normalized spacial score (nSPS) is 16.0. The van der Waals surface area contributed by atoms with Gasteiger partial charge in [-0.05, 0) is 26.8 Å². The van der Waals surface area contributed by atoms with Gasteiger partial charge in [0.1, 0.15) is 0 Å². The van der Waals surface area contributed by atoms with Crippen LogP contribution in [0.1, 0.15) is 25.3 Å². The summed E-state index contributed by atoms with van der Waals surface area (Å²) < 4.78 is 1.72. The zero-order valence-electron chi connectivity index (χ0n) is 12.1. The molecule has 110 valence electrons. The Morgan fingerprint density at radius 3 is 2.80 bits per heavy atom. The van der Waals surface area contributed by atoms with Gasteiger partial charge < -0.3 is 5.32 Å². The summed E-state index contributed by atoms with van der Waals surface area (Å²) in [4.78, 5) is 25.3. The van der Waals surface area contributed by atoms with Crippen molar-refractivity contribution in [1.82, 2.24) is 25.3 Å². The second-order valence-electron chi connectivity index (χ2n) is 5.35. The van der Waals surface area contributed by atoms with Gasteiger partial charge in [-0.1, -0.05) is 0 Å². The van der Waals surface area contributed by atoms with Crippen LogP contribution in [0.4, 0.5) is 4.79 Å². The largest absolute Gasteiger partial charge is 0.335 e. The Kier molecular flexibility index (Phi) is 4.39. The Morgan fingerprint density at radius 2 is 2.25 bits per heavy atom. The van der Waals surface area contributed by atoms with E-state index in [0.717, 1.165) is 18.4 Å². The van der Waals surface area contributed by atoms with Gasteiger partial charge in [-0.3, -0.25) is 19.7 Å². The Bertz CT molecular complexity index is 495. The standard InChI is InChI=1S/C13H21N5O2/c1-9(12(19)16-13(20)15-11-4-5-11)17(2)7-10-6-14-18(3)8-10/h6,8-9,11H,4-5,7H2,1-3H3,(H2,15,16,19,20). The number of imide groups is 1. The van der Waals surface area contributed by atoms with Crippen LogP contribution in [0.2, 0.25) is 0 Å². The van der Waals surface area contributed by atoms with Crippen molar-refractivity contribution < 1.29 is 9.59 Å². The molecule has 1 saturated carbocycles. The molecule has 0 saturated heterocycles. The van der Waals surface area contributed by atoms with Crippen molar-refractivity contribution >= 4 is 11.9 Å². The van der Waals surface area contributed by atoms with Gasteiger partial charge in [0.25, 0.3) is 0 Å². The highest BCUT2D eigenvalue weighted by molar-refractivity contribution is 5.96. The molecule has 20 heavy (non-hydrogen) atoms. The van der Waals surface area contributed by atoms with Crippen LogP contribution in [0.3, 0.4) is 0 Å². The summed E-state index contributed by atoms with van der Waals surface area (Å²) in [7, 11) is 3.69. The first-order valence-electron chi connectivity index (χ1n) is 6.75. The minimum absolute atomic E-state index is 0.242. The molecule has 1 aliphatic rings. The van der Waals surface area contributed by atoms with Gasteiger partial charge in [-0.25, -0.2) is 4.79 Å². The SMILES string of the molecule is CC(C(=O)NC(=O)NC1CC1)N(C)Cc1cnn(C)c1. The van der Waals surface area contributed by atoms with Crippen LogP contribution >= 0.6 is 0 Å². The Balaban J connectivity index is 1.80. The van der Waals surface area contributed by atoms with E-state index in [4.69, 9.17) is 0 Å². The fourth-order valence-corrected chi connectivity index (χ4v) is 1.84. The number of carbonyl (C=O) groups is 2. The van der Waals surface area contributed by atoms with Gasteiger partial charge in [0.15, 0.2) is 0 Å². The average Bonchev–Trinajstić information content (AvgIpc) is 3.09. The third-order valence-corrected chi connectivity index (χ3v) is 3.38. The van der Waals surface area contributed by atoms with Crippen LogP contribution in [0, 0.1) is 0 Å². The molecule has 1 heterocycles. The van der Waals surface area contributed by atoms with Gasteiger partial charge >= 0.3 is 6.03 Å². The maximum Gasteiger partial charge on any atom is 0.321 e. The Labute approximate surface area is 118 Å². The topological polar surface area (TPSA) is 79.3 Å². The summed E-state index contributed by atoms with van der Waals surface area (Å²) in [6.45, 7) is 2.38. The lowest BCUT2D eigenvalue weighted by molar-refractivity contribution is -0.124. The molecule has 0 bridgehead atoms. The van der Waals surface area contributed by atoms with Crippen molar-refractivity contribution in [3.8, 4) is 0 Å². The number of hydrogen-bond acceptors (Lipinski definition) is 4. The molecule has 0 aromatic carbocycles. The number of nitrogens with one attached hydrogen (secondary N) is 2. The molecule has 0 radical (unpaired) electrons. The number of hydrogen-bond donors (Lipinski definition) is 2. The predicted molar refractivity (Wildman–Crippen MR) is 73.8 cm³/mol. The average molecular weight is 279 g/mol. The second kappa shape index (κ2) is 6.04. The fraction of sp³-hybridized carbons (Fsp3) is 0.615. The molecular formula is C13H21N5O2. The molecule has 1 unspecified atom stereocenters. The molecule has 2 N–H and O–H groups in total. The van der Waals surface area contributed by atoms with Crippen LogP contribution in [0.15, 0.2) is 12.4 Å². The van der Waals surface area contributed by atoms with Crippen LogP contribution in [0.5, 0.6) is 0 Å². The quantitative estimate of drug-likeness (QED) is 0.808. The summed E-state index contributed by atoms with van der Waals surface area (Å²) in [5, 5.41) is 9.19. The monoisotopic (exact) mass is 279 g/mol. The first kappa shape index (κ1) is 14.5. The smallest absolute Gasteiger partial charge is 0.321 e. The van der Waals surface area contributed by atoms with Gasteiger partial charge in [-0.2, -0.15) is 5.10 Å². The molecule has 0 spiro atoms. The number of aromatic nitrogens is 2. The minimum atomic E-state index is -0.404. The van der Waals surface area contributed by atoms with E-state index in [0.29, 0.717) is 6.54 Å². The van der Waals surface area contributed by atoms with E-state index in [9.17, 15) is 9.59 Å². The van der Waals surface area contributed by atoms with Crippen LogP contribution < -0.4 is 10.6 Å². The van der Waals surface area contributed by atoms with Gasteiger partial charge in [-0.15, -0.1) is 0 Å². The molecule has 2 rings (SSSR count). The third kappa shape index (κ3) is 4.06. The van der Waals surface area contributed by atoms with Crippen molar-refractivity contribution in [2.24, 2.45) is 7.05 Å². The zero-order chi connectivity index (χ0) is 14.7. The molecule has 1 atom stereocenters. The molecular weight excluding hydrogens is 258 g/mol. The lowest BCUT2D eigenvalue weighted by Crippen LogP contribution is -2.48. The number of rotatable bonds is 5. The zero-order valence-corrected chi connectivity index (χ0v) is 12.1. The van der Waals surface area contributed by atoms with Gasteiger partial charge in [0.2, 0.25) is 5.91 Å². The van der Waals surface area contributed by atoms with E-state index in [2.05, 4.69) is 15.7 Å². The molecule has 1 aliphatic carbocycles. The maximum absolute atomic E-state index is 12.0. The summed E-state index contributed by atoms with van der Waals surface area (Å²) in [6, 6.07) is -0.550. The lowest BCUT2D eigenvalue weighted by Gasteiger charge is -2.22. The molecule has 1 aromatic heterocycles. The number of likely N-dealkylation sites (N-methyl/N-ethyl adjacent to an activating group) is 1. The predicted octanol–water partition coefficient (Wildman–Crippen LogP) is 0.229. The van der Waals surface area contributed by atoms with Crippen molar-refractivity contribution in [2.45, 2.75) is 38.4 Å². The van der Waals surface area contributed by atoms with Crippen molar-refractivity contribution in [1.29, 1.82) is 0 Å². The second-order valence-corrected chi connectivity index (χ2v) is 5.35. The van der Waals surface area contributed by atoms with Crippen LogP contribution in [-0.4, -0.2) is 45.8 Å². The van der Waals surface area contributed by atoms with E-state index in [1.54, 1.807) is 17.8 Å². The van der Waals surface area contributed by atoms with Crippen molar-refractivity contribution in [3.63, 3.8) is 0 Å². The van der Waals surface area contributed by atoms with E-state index >= 15 is 0 Å². The Morgan fingerprint density at radius 1 is 1.55 bits per heavy atom. The molecule has 7 heteroatoms. The summed E-state index contributed by atoms with van der Waals surface area (Å²) in [5.74, 6) is -0.297. The number of nitrogens with zero attached hydrogens (tertiary/aromatic N) is 3. The van der Waals surface area contributed by atoms with Crippen molar-refractivity contribution in [2.75, 3.05) is 7.05 Å². The summed E-state index contributed by atoms with van der Waals surface area (Å²) >= 11 is 0. The number of carbonyl (C=O) groups excluding carboxylic acids is 2. The summed E-state index contributed by atoms with van der Waals surface area (Å²) in [5.41, 5.74) is 1.03.